The molecule has 0 unspecified atom stereocenters. The van der Waals surface area contributed by atoms with Gasteiger partial charge in [0.25, 0.3) is 0 Å². The Morgan fingerprint density at radius 1 is 1.48 bits per heavy atom. The Kier molecular flexibility index (Phi) is 5.06. The summed E-state index contributed by atoms with van der Waals surface area (Å²) in [4.78, 5) is 12.1. The zero-order valence-corrected chi connectivity index (χ0v) is 14.2. The van der Waals surface area contributed by atoms with Crippen LogP contribution in [-0.4, -0.2) is 38.9 Å². The average molecular weight is 331 g/mol. The fourth-order valence-corrected chi connectivity index (χ4v) is 5.66. The number of methoxy groups -OCH3 is 1. The van der Waals surface area contributed by atoms with Crippen LogP contribution in [0.1, 0.15) is 41.4 Å². The lowest BCUT2D eigenvalue weighted by Gasteiger charge is -2.31. The third kappa shape index (κ3) is 3.14. The molecule has 7 heteroatoms. The molecule has 0 amide bonds. The molecule has 0 radical (unpaired) electrons. The number of rotatable bonds is 6. The topological polar surface area (TPSA) is 63.7 Å². The van der Waals surface area contributed by atoms with Crippen molar-refractivity contribution in [1.82, 2.24) is 4.31 Å². The van der Waals surface area contributed by atoms with Crippen molar-refractivity contribution in [1.29, 1.82) is 0 Å². The fraction of sp³-hybridized carbons (Fsp3) is 0.643. The molecule has 21 heavy (non-hydrogen) atoms. The van der Waals surface area contributed by atoms with Gasteiger partial charge in [0.1, 0.15) is 9.77 Å². The highest BCUT2D eigenvalue weighted by Gasteiger charge is 2.34. The number of aryl methyl sites for hydroxylation is 1. The van der Waals surface area contributed by atoms with Crippen LogP contribution in [0.25, 0.3) is 0 Å². The second-order valence-corrected chi connectivity index (χ2v) is 8.08. The smallest absolute Gasteiger partial charge is 0.349 e. The highest BCUT2D eigenvalue weighted by atomic mass is 32.2. The Labute approximate surface area is 130 Å². The van der Waals surface area contributed by atoms with E-state index in [1.54, 1.807) is 12.3 Å². The summed E-state index contributed by atoms with van der Waals surface area (Å²) in [6.07, 6.45) is 3.34. The van der Waals surface area contributed by atoms with Gasteiger partial charge in [0, 0.05) is 13.1 Å². The number of esters is 1. The van der Waals surface area contributed by atoms with Crippen LogP contribution in [0.4, 0.5) is 0 Å². The van der Waals surface area contributed by atoms with E-state index >= 15 is 0 Å². The molecule has 2 rings (SSSR count). The van der Waals surface area contributed by atoms with Crippen LogP contribution < -0.4 is 0 Å². The van der Waals surface area contributed by atoms with E-state index in [9.17, 15) is 13.2 Å². The van der Waals surface area contributed by atoms with E-state index in [1.807, 2.05) is 6.92 Å². The predicted molar refractivity (Wildman–Crippen MR) is 82.2 cm³/mol. The highest BCUT2D eigenvalue weighted by Crippen LogP contribution is 2.33. The third-order valence-corrected chi connectivity index (χ3v) is 7.26. The van der Waals surface area contributed by atoms with Crippen molar-refractivity contribution in [2.24, 2.45) is 5.92 Å². The van der Waals surface area contributed by atoms with Crippen LogP contribution >= 0.6 is 11.3 Å². The van der Waals surface area contributed by atoms with Crippen LogP contribution in [-0.2, 0) is 14.8 Å². The normalized spacial score (nSPS) is 16.0. The van der Waals surface area contributed by atoms with Crippen molar-refractivity contribution in [3.8, 4) is 0 Å². The first-order valence-corrected chi connectivity index (χ1v) is 9.40. The third-order valence-electron chi connectivity index (χ3n) is 3.93. The van der Waals surface area contributed by atoms with Gasteiger partial charge in [-0.1, -0.05) is 13.3 Å². The number of hydrogen-bond acceptors (Lipinski definition) is 5. The van der Waals surface area contributed by atoms with Gasteiger partial charge in [-0.2, -0.15) is 4.31 Å². The maximum Gasteiger partial charge on any atom is 0.349 e. The summed E-state index contributed by atoms with van der Waals surface area (Å²) in [5.41, 5.74) is 0.604. The lowest BCUT2D eigenvalue weighted by atomic mass is 9.85. The molecule has 0 spiro atoms. The molecule has 1 aliphatic rings. The van der Waals surface area contributed by atoms with Crippen molar-refractivity contribution in [2.75, 3.05) is 20.2 Å². The molecule has 1 saturated carbocycles. The lowest BCUT2D eigenvalue weighted by molar-refractivity contribution is 0.0602. The van der Waals surface area contributed by atoms with Crippen LogP contribution in [0.15, 0.2) is 10.3 Å². The van der Waals surface area contributed by atoms with Gasteiger partial charge in [-0.05, 0) is 36.6 Å². The second-order valence-electron chi connectivity index (χ2n) is 5.32. The first kappa shape index (κ1) is 16.5. The minimum absolute atomic E-state index is 0.112. The van der Waals surface area contributed by atoms with Crippen LogP contribution in [0.5, 0.6) is 0 Å². The van der Waals surface area contributed by atoms with Gasteiger partial charge >= 0.3 is 5.97 Å². The van der Waals surface area contributed by atoms with E-state index in [-0.39, 0.29) is 9.77 Å². The molecule has 0 aliphatic heterocycles. The summed E-state index contributed by atoms with van der Waals surface area (Å²) in [5, 5.41) is 1.69. The van der Waals surface area contributed by atoms with E-state index in [0.29, 0.717) is 24.6 Å². The number of carbonyl (C=O) groups excluding carboxylic acids is 1. The molecule has 0 saturated heterocycles. The van der Waals surface area contributed by atoms with Crippen LogP contribution in [0, 0.1) is 12.8 Å². The van der Waals surface area contributed by atoms with Crippen molar-refractivity contribution >= 4 is 27.3 Å². The fourth-order valence-electron chi connectivity index (χ4n) is 2.48. The van der Waals surface area contributed by atoms with Crippen LogP contribution in [0.2, 0.25) is 0 Å². The summed E-state index contributed by atoms with van der Waals surface area (Å²) >= 11 is 1.12. The zero-order chi connectivity index (χ0) is 15.6. The molecule has 1 heterocycles. The molecule has 1 fully saturated rings. The van der Waals surface area contributed by atoms with E-state index < -0.39 is 16.0 Å². The number of ether oxygens (including phenoxy) is 1. The molecule has 118 valence electrons. The van der Waals surface area contributed by atoms with Gasteiger partial charge in [0.05, 0.1) is 7.11 Å². The number of thiophene rings is 1. The van der Waals surface area contributed by atoms with Gasteiger partial charge in [-0.3, -0.25) is 0 Å². The highest BCUT2D eigenvalue weighted by molar-refractivity contribution is 7.89. The van der Waals surface area contributed by atoms with Gasteiger partial charge in [-0.25, -0.2) is 13.2 Å². The molecule has 0 N–H and O–H groups in total. The summed E-state index contributed by atoms with van der Waals surface area (Å²) in [7, 11) is -2.39. The summed E-state index contributed by atoms with van der Waals surface area (Å²) in [6, 6.07) is 0. The summed E-state index contributed by atoms with van der Waals surface area (Å²) < 4.78 is 32.0. The average Bonchev–Trinajstić information content (AvgIpc) is 2.79. The molecule has 5 nitrogen and oxygen atoms in total. The minimum atomic E-state index is -3.65. The predicted octanol–water partition coefficient (Wildman–Crippen LogP) is 2.65. The molecule has 1 aliphatic carbocycles. The van der Waals surface area contributed by atoms with Crippen molar-refractivity contribution in [3.05, 3.63) is 15.8 Å². The SMILES string of the molecule is CCN(CC1CCC1)S(=O)(=O)c1c(C)csc1C(=O)OC. The van der Waals surface area contributed by atoms with Gasteiger partial charge in [-0.15, -0.1) is 11.3 Å². The Morgan fingerprint density at radius 3 is 2.62 bits per heavy atom. The molecule has 0 bridgehead atoms. The molecular formula is C14H21NO4S2. The number of hydrogen-bond donors (Lipinski definition) is 0. The van der Waals surface area contributed by atoms with Gasteiger partial charge in [0.2, 0.25) is 10.0 Å². The Balaban J connectivity index is 2.37. The van der Waals surface area contributed by atoms with Crippen molar-refractivity contribution in [3.63, 3.8) is 0 Å². The first-order valence-electron chi connectivity index (χ1n) is 7.08. The quantitative estimate of drug-likeness (QED) is 0.752. The summed E-state index contributed by atoms with van der Waals surface area (Å²) in [5.74, 6) is -0.147. The number of sulfonamides is 1. The molecule has 0 aromatic carbocycles. The molecule has 0 atom stereocenters. The standard InChI is InChI=1S/C14H21NO4S2/c1-4-15(8-11-6-5-7-11)21(17,18)13-10(2)9-20-12(13)14(16)19-3/h9,11H,4-8H2,1-3H3. The van der Waals surface area contributed by atoms with E-state index in [4.69, 9.17) is 4.74 Å². The van der Waals surface area contributed by atoms with Crippen LogP contribution in [0.3, 0.4) is 0 Å². The lowest BCUT2D eigenvalue weighted by Crippen LogP contribution is -2.37. The minimum Gasteiger partial charge on any atom is -0.465 e. The first-order chi connectivity index (χ1) is 9.91. The van der Waals surface area contributed by atoms with E-state index in [1.165, 1.54) is 17.8 Å². The largest absolute Gasteiger partial charge is 0.465 e. The number of nitrogens with zero attached hydrogens (tertiary/aromatic N) is 1. The van der Waals surface area contributed by atoms with Gasteiger partial charge < -0.3 is 4.74 Å². The second kappa shape index (κ2) is 6.46. The van der Waals surface area contributed by atoms with E-state index in [2.05, 4.69) is 0 Å². The number of carbonyl (C=O) groups is 1. The zero-order valence-electron chi connectivity index (χ0n) is 12.6. The Morgan fingerprint density at radius 2 is 2.14 bits per heavy atom. The maximum atomic E-state index is 12.9. The monoisotopic (exact) mass is 331 g/mol. The Bertz CT molecular complexity index is 617. The van der Waals surface area contributed by atoms with Gasteiger partial charge in [0.15, 0.2) is 0 Å². The Hall–Kier alpha value is -0.920. The molecular weight excluding hydrogens is 310 g/mol. The molecule has 1 aromatic rings. The molecule has 1 aromatic heterocycles. The van der Waals surface area contributed by atoms with Crippen molar-refractivity contribution in [2.45, 2.75) is 38.0 Å². The van der Waals surface area contributed by atoms with E-state index in [0.717, 1.165) is 24.2 Å². The van der Waals surface area contributed by atoms with Crippen molar-refractivity contribution < 1.29 is 17.9 Å². The summed E-state index contributed by atoms with van der Waals surface area (Å²) in [6.45, 7) is 4.49. The maximum absolute atomic E-state index is 12.9.